The molecule has 0 saturated heterocycles. The Balaban J connectivity index is 1.79. The van der Waals surface area contributed by atoms with E-state index in [2.05, 4.69) is 24.1 Å². The molecule has 0 spiro atoms. The van der Waals surface area contributed by atoms with Crippen molar-refractivity contribution in [3.63, 3.8) is 0 Å². The molecule has 0 radical (unpaired) electrons. The van der Waals surface area contributed by atoms with Gasteiger partial charge in [-0.15, -0.1) is 0 Å². The number of benzene rings is 2. The second-order valence-corrected chi connectivity index (χ2v) is 7.04. The molecule has 4 heteroatoms. The smallest absolute Gasteiger partial charge is 0.119 e. The fraction of sp³-hybridized carbons (Fsp3) is 0.455. The molecule has 3 rings (SSSR count). The Bertz CT molecular complexity index is 622. The van der Waals surface area contributed by atoms with Crippen LogP contribution >= 0.6 is 0 Å². The van der Waals surface area contributed by atoms with E-state index in [0.717, 1.165) is 35.6 Å². The monoisotopic (exact) mass is 355 g/mol. The highest BCUT2D eigenvalue weighted by Gasteiger charge is 2.34. The van der Waals surface area contributed by atoms with Crippen molar-refractivity contribution >= 4 is 5.69 Å². The fourth-order valence-electron chi connectivity index (χ4n) is 4.05. The molecule has 3 atom stereocenters. The number of aliphatic hydroxyl groups is 1. The van der Waals surface area contributed by atoms with Gasteiger partial charge in [-0.25, -0.2) is 0 Å². The predicted molar refractivity (Wildman–Crippen MR) is 105 cm³/mol. The molecule has 4 nitrogen and oxygen atoms in total. The van der Waals surface area contributed by atoms with Gasteiger partial charge in [0.05, 0.1) is 20.3 Å². The topological polar surface area (TPSA) is 41.9 Å². The summed E-state index contributed by atoms with van der Waals surface area (Å²) in [6.07, 6.45) is 4.05. The number of hydrogen-bond donors (Lipinski definition) is 1. The van der Waals surface area contributed by atoms with Crippen LogP contribution in [0.5, 0.6) is 11.5 Å². The lowest BCUT2D eigenvalue weighted by Gasteiger charge is -2.41. The van der Waals surface area contributed by atoms with Crippen molar-refractivity contribution in [2.75, 3.05) is 26.2 Å². The van der Waals surface area contributed by atoms with Crippen LogP contribution in [0.1, 0.15) is 37.4 Å². The largest absolute Gasteiger partial charge is 0.497 e. The highest BCUT2D eigenvalue weighted by Crippen LogP contribution is 2.39. The average molecular weight is 355 g/mol. The number of nitrogens with zero attached hydrogens (tertiary/aromatic N) is 1. The summed E-state index contributed by atoms with van der Waals surface area (Å²) >= 11 is 0. The molecule has 2 aromatic carbocycles. The summed E-state index contributed by atoms with van der Waals surface area (Å²) < 4.78 is 10.5. The summed E-state index contributed by atoms with van der Waals surface area (Å²) in [5.74, 6) is 1.89. The molecule has 1 aliphatic rings. The van der Waals surface area contributed by atoms with Gasteiger partial charge in [0.25, 0.3) is 0 Å². The van der Waals surface area contributed by atoms with Crippen LogP contribution in [0.25, 0.3) is 0 Å². The van der Waals surface area contributed by atoms with Crippen LogP contribution in [-0.4, -0.2) is 32.4 Å². The molecular formula is C22H29NO3. The van der Waals surface area contributed by atoms with E-state index in [4.69, 9.17) is 9.47 Å². The van der Waals surface area contributed by atoms with Gasteiger partial charge in [-0.3, -0.25) is 0 Å². The molecule has 0 aliphatic heterocycles. The Morgan fingerprint density at radius 2 is 1.42 bits per heavy atom. The molecule has 0 heterocycles. The van der Waals surface area contributed by atoms with E-state index in [0.29, 0.717) is 6.04 Å². The number of anilines is 1. The lowest BCUT2D eigenvalue weighted by molar-refractivity contribution is 0.0707. The van der Waals surface area contributed by atoms with Gasteiger partial charge < -0.3 is 19.5 Å². The van der Waals surface area contributed by atoms with Gasteiger partial charge in [-0.2, -0.15) is 0 Å². The van der Waals surface area contributed by atoms with Gasteiger partial charge in [0.2, 0.25) is 0 Å². The average Bonchev–Trinajstić information content (AvgIpc) is 2.73. The number of aliphatic hydroxyl groups excluding tert-OH is 1. The molecule has 2 aromatic rings. The zero-order valence-corrected chi connectivity index (χ0v) is 15.9. The maximum atomic E-state index is 11.1. The second-order valence-electron chi connectivity index (χ2n) is 7.04. The molecule has 0 amide bonds. The van der Waals surface area contributed by atoms with E-state index < -0.39 is 6.10 Å². The quantitative estimate of drug-likeness (QED) is 0.832. The first-order valence-corrected chi connectivity index (χ1v) is 9.33. The van der Waals surface area contributed by atoms with E-state index in [9.17, 15) is 5.11 Å². The molecular weight excluding hydrogens is 326 g/mol. The first-order valence-electron chi connectivity index (χ1n) is 9.33. The van der Waals surface area contributed by atoms with Crippen molar-refractivity contribution < 1.29 is 14.6 Å². The molecule has 140 valence electrons. The van der Waals surface area contributed by atoms with Crippen LogP contribution < -0.4 is 14.4 Å². The first kappa shape index (κ1) is 18.6. The normalized spacial score (nSPS) is 21.1. The van der Waals surface area contributed by atoms with Crippen LogP contribution in [0.15, 0.2) is 48.5 Å². The van der Waals surface area contributed by atoms with Crippen molar-refractivity contribution in [2.45, 2.75) is 37.8 Å². The van der Waals surface area contributed by atoms with Gasteiger partial charge in [-0.05, 0) is 54.8 Å². The highest BCUT2D eigenvalue weighted by molar-refractivity contribution is 5.49. The van der Waals surface area contributed by atoms with Crippen molar-refractivity contribution in [3.8, 4) is 11.5 Å². The number of rotatable bonds is 6. The van der Waals surface area contributed by atoms with E-state index >= 15 is 0 Å². The van der Waals surface area contributed by atoms with E-state index in [-0.39, 0.29) is 5.92 Å². The summed E-state index contributed by atoms with van der Waals surface area (Å²) in [5.41, 5.74) is 2.12. The molecule has 1 aliphatic carbocycles. The minimum atomic E-state index is -0.466. The molecule has 3 unspecified atom stereocenters. The number of ether oxygens (including phenoxy) is 2. The summed E-state index contributed by atoms with van der Waals surface area (Å²) in [5, 5.41) is 11.1. The van der Waals surface area contributed by atoms with Crippen molar-refractivity contribution in [2.24, 2.45) is 5.92 Å². The zero-order valence-electron chi connectivity index (χ0n) is 15.9. The van der Waals surface area contributed by atoms with Gasteiger partial charge in [0.1, 0.15) is 11.5 Å². The minimum absolute atomic E-state index is 0.212. The van der Waals surface area contributed by atoms with Gasteiger partial charge >= 0.3 is 0 Å². The third kappa shape index (κ3) is 3.96. The molecule has 0 aromatic heterocycles. The lowest BCUT2D eigenvalue weighted by Crippen LogP contribution is -2.42. The Labute approximate surface area is 156 Å². The minimum Gasteiger partial charge on any atom is -0.497 e. The molecule has 0 bridgehead atoms. The highest BCUT2D eigenvalue weighted by atomic mass is 16.5. The van der Waals surface area contributed by atoms with Crippen LogP contribution in [0, 0.1) is 5.92 Å². The van der Waals surface area contributed by atoms with E-state index in [1.54, 1.807) is 14.2 Å². The van der Waals surface area contributed by atoms with Crippen LogP contribution in [0.2, 0.25) is 0 Å². The Kier molecular flexibility index (Phi) is 6.04. The molecule has 1 saturated carbocycles. The zero-order chi connectivity index (χ0) is 18.5. The predicted octanol–water partition coefficient (Wildman–Crippen LogP) is 4.43. The maximum Gasteiger partial charge on any atom is 0.119 e. The van der Waals surface area contributed by atoms with Gasteiger partial charge in [0.15, 0.2) is 0 Å². The van der Waals surface area contributed by atoms with Gasteiger partial charge in [-0.1, -0.05) is 25.0 Å². The summed E-state index contributed by atoms with van der Waals surface area (Å²) in [7, 11) is 5.47. The molecule has 1 fully saturated rings. The molecule has 1 N–H and O–H groups in total. The molecule has 26 heavy (non-hydrogen) atoms. The van der Waals surface area contributed by atoms with Crippen molar-refractivity contribution in [1.82, 2.24) is 0 Å². The van der Waals surface area contributed by atoms with E-state index in [1.807, 2.05) is 36.4 Å². The third-order valence-electron chi connectivity index (χ3n) is 5.62. The van der Waals surface area contributed by atoms with Crippen LogP contribution in [-0.2, 0) is 0 Å². The van der Waals surface area contributed by atoms with Crippen molar-refractivity contribution in [3.05, 3.63) is 54.1 Å². The first-order chi connectivity index (χ1) is 12.6. The Morgan fingerprint density at radius 1 is 0.885 bits per heavy atom. The number of methoxy groups -OCH3 is 2. The Morgan fingerprint density at radius 3 is 2.00 bits per heavy atom. The maximum absolute atomic E-state index is 11.1. The third-order valence-corrected chi connectivity index (χ3v) is 5.62. The van der Waals surface area contributed by atoms with Crippen LogP contribution in [0.4, 0.5) is 5.69 Å². The fourth-order valence-corrected chi connectivity index (χ4v) is 4.05. The summed E-state index contributed by atoms with van der Waals surface area (Å²) in [6, 6.07) is 16.3. The standard InChI is InChI=1S/C22H29NO3/c1-23(17-10-14-19(26-3)15-11-17)21-7-5-4-6-20(21)22(24)16-8-12-18(25-2)13-9-16/h8-15,20-22,24H,4-7H2,1-3H3. The van der Waals surface area contributed by atoms with Crippen molar-refractivity contribution in [1.29, 1.82) is 0 Å². The Hall–Kier alpha value is -2.20. The van der Waals surface area contributed by atoms with Crippen LogP contribution in [0.3, 0.4) is 0 Å². The summed E-state index contributed by atoms with van der Waals surface area (Å²) in [6.45, 7) is 0. The SMILES string of the molecule is COc1ccc(C(O)C2CCCCC2N(C)c2ccc(OC)cc2)cc1. The summed E-state index contributed by atoms with van der Waals surface area (Å²) in [4.78, 5) is 2.32. The number of hydrogen-bond acceptors (Lipinski definition) is 4. The van der Waals surface area contributed by atoms with E-state index in [1.165, 1.54) is 12.8 Å². The second kappa shape index (κ2) is 8.45. The van der Waals surface area contributed by atoms with Gasteiger partial charge in [0, 0.05) is 24.7 Å². The lowest BCUT2D eigenvalue weighted by atomic mass is 9.78.